The number of hydrogen-bond donors (Lipinski definition) is 0. The highest BCUT2D eigenvalue weighted by Gasteiger charge is 2.07. The van der Waals surface area contributed by atoms with Crippen molar-refractivity contribution in [1.82, 2.24) is 0 Å². The van der Waals surface area contributed by atoms with E-state index in [4.69, 9.17) is 27.9 Å². The van der Waals surface area contributed by atoms with Crippen LogP contribution in [0.2, 0.25) is 0 Å². The smallest absolute Gasteiger partial charge is 0.123 e. The first-order valence-corrected chi connectivity index (χ1v) is 6.25. The van der Waals surface area contributed by atoms with Gasteiger partial charge in [0.25, 0.3) is 0 Å². The van der Waals surface area contributed by atoms with E-state index in [1.807, 2.05) is 19.1 Å². The third-order valence-electron chi connectivity index (χ3n) is 2.24. The minimum Gasteiger partial charge on any atom is -0.494 e. The number of rotatable bonds is 6. The zero-order chi connectivity index (χ0) is 11.1. The molecule has 15 heavy (non-hydrogen) atoms. The third kappa shape index (κ3) is 3.58. The van der Waals surface area contributed by atoms with Gasteiger partial charge in [-0.25, -0.2) is 0 Å². The van der Waals surface area contributed by atoms with Gasteiger partial charge >= 0.3 is 0 Å². The lowest BCUT2D eigenvalue weighted by Gasteiger charge is -2.12. The van der Waals surface area contributed by atoms with Crippen molar-refractivity contribution in [2.24, 2.45) is 0 Å². The van der Waals surface area contributed by atoms with Gasteiger partial charge in [0.2, 0.25) is 0 Å². The molecule has 84 valence electrons. The second-order valence-electron chi connectivity index (χ2n) is 3.25. The van der Waals surface area contributed by atoms with Gasteiger partial charge in [-0.2, -0.15) is 0 Å². The van der Waals surface area contributed by atoms with Crippen molar-refractivity contribution < 1.29 is 4.74 Å². The molecule has 0 atom stereocenters. The minimum absolute atomic E-state index is 0.494. The molecule has 0 radical (unpaired) electrons. The Balaban J connectivity index is 2.88. The van der Waals surface area contributed by atoms with Gasteiger partial charge in [-0.3, -0.25) is 0 Å². The molecule has 0 fully saturated rings. The van der Waals surface area contributed by atoms with E-state index >= 15 is 0 Å². The summed E-state index contributed by atoms with van der Waals surface area (Å²) in [6, 6.07) is 6.06. The van der Waals surface area contributed by atoms with Gasteiger partial charge in [-0.1, -0.05) is 12.1 Å². The summed E-state index contributed by atoms with van der Waals surface area (Å²) < 4.78 is 5.53. The number of benzene rings is 1. The maximum Gasteiger partial charge on any atom is 0.123 e. The molecule has 0 bridgehead atoms. The average molecular weight is 247 g/mol. The van der Waals surface area contributed by atoms with Crippen LogP contribution in [0.1, 0.15) is 24.5 Å². The van der Waals surface area contributed by atoms with Crippen LogP contribution >= 0.6 is 23.2 Å². The highest BCUT2D eigenvalue weighted by Crippen LogP contribution is 2.25. The molecule has 0 saturated carbocycles. The Labute approximate surface area is 101 Å². The van der Waals surface area contributed by atoms with E-state index in [0.29, 0.717) is 18.4 Å². The fourth-order valence-corrected chi connectivity index (χ4v) is 1.98. The molecule has 0 spiro atoms. The van der Waals surface area contributed by atoms with E-state index in [1.165, 1.54) is 5.56 Å². The summed E-state index contributed by atoms with van der Waals surface area (Å²) in [7, 11) is 0. The largest absolute Gasteiger partial charge is 0.494 e. The second-order valence-corrected chi connectivity index (χ2v) is 3.90. The lowest BCUT2D eigenvalue weighted by molar-refractivity contribution is 0.337. The second kappa shape index (κ2) is 6.97. The molecule has 3 heteroatoms. The standard InChI is InChI=1S/C12H16Cl2O/c1-2-15-12-7-3-5-10(6-4-8-13)11(12)9-14/h3,5,7H,2,4,6,8-9H2,1H3. The van der Waals surface area contributed by atoms with Crippen molar-refractivity contribution in [1.29, 1.82) is 0 Å². The summed E-state index contributed by atoms with van der Waals surface area (Å²) in [5, 5.41) is 0. The van der Waals surface area contributed by atoms with Crippen LogP contribution in [0.25, 0.3) is 0 Å². The monoisotopic (exact) mass is 246 g/mol. The summed E-state index contributed by atoms with van der Waals surface area (Å²) in [4.78, 5) is 0. The highest BCUT2D eigenvalue weighted by molar-refractivity contribution is 6.18. The average Bonchev–Trinajstić information content (AvgIpc) is 2.27. The van der Waals surface area contributed by atoms with Crippen molar-refractivity contribution in [2.75, 3.05) is 12.5 Å². The van der Waals surface area contributed by atoms with E-state index in [9.17, 15) is 0 Å². The van der Waals surface area contributed by atoms with Gasteiger partial charge in [-0.05, 0) is 31.4 Å². The summed E-state index contributed by atoms with van der Waals surface area (Å²) in [6.45, 7) is 2.65. The maximum atomic E-state index is 5.94. The van der Waals surface area contributed by atoms with Crippen molar-refractivity contribution in [3.8, 4) is 5.75 Å². The summed E-state index contributed by atoms with van der Waals surface area (Å²) in [5.41, 5.74) is 2.35. The molecule has 0 aliphatic carbocycles. The fraction of sp³-hybridized carbons (Fsp3) is 0.500. The van der Waals surface area contributed by atoms with Gasteiger partial charge in [-0.15, -0.1) is 23.2 Å². The molecule has 0 unspecified atom stereocenters. The Bertz CT molecular complexity index is 300. The first-order chi connectivity index (χ1) is 7.33. The van der Waals surface area contributed by atoms with Crippen LogP contribution in [-0.2, 0) is 12.3 Å². The SMILES string of the molecule is CCOc1cccc(CCCCl)c1CCl. The molecule has 0 N–H and O–H groups in total. The molecule has 0 aliphatic rings. The van der Waals surface area contributed by atoms with Gasteiger partial charge in [0.1, 0.15) is 5.75 Å². The Morgan fingerprint density at radius 1 is 1.27 bits per heavy atom. The normalized spacial score (nSPS) is 10.3. The van der Waals surface area contributed by atoms with Gasteiger partial charge < -0.3 is 4.74 Å². The van der Waals surface area contributed by atoms with Crippen molar-refractivity contribution in [3.63, 3.8) is 0 Å². The third-order valence-corrected chi connectivity index (χ3v) is 2.78. The lowest BCUT2D eigenvalue weighted by Crippen LogP contribution is -1.99. The molecule has 0 aromatic heterocycles. The van der Waals surface area contributed by atoms with Crippen molar-refractivity contribution in [3.05, 3.63) is 29.3 Å². The minimum atomic E-state index is 0.494. The maximum absolute atomic E-state index is 5.94. The summed E-state index contributed by atoms with van der Waals surface area (Å²) >= 11 is 11.6. The fourth-order valence-electron chi connectivity index (χ4n) is 1.54. The van der Waals surface area contributed by atoms with Crippen LogP contribution < -0.4 is 4.74 Å². The molecule has 1 nitrogen and oxygen atoms in total. The Morgan fingerprint density at radius 2 is 2.07 bits per heavy atom. The van der Waals surface area contributed by atoms with E-state index in [-0.39, 0.29) is 0 Å². The van der Waals surface area contributed by atoms with Crippen LogP contribution in [-0.4, -0.2) is 12.5 Å². The van der Waals surface area contributed by atoms with E-state index < -0.39 is 0 Å². The van der Waals surface area contributed by atoms with Crippen LogP contribution in [0.5, 0.6) is 5.75 Å². The molecule has 0 amide bonds. The zero-order valence-corrected chi connectivity index (χ0v) is 10.4. The van der Waals surface area contributed by atoms with Crippen LogP contribution in [0.4, 0.5) is 0 Å². The molecule has 1 aromatic carbocycles. The predicted octanol–water partition coefficient (Wildman–Crippen LogP) is 4.00. The quantitative estimate of drug-likeness (QED) is 0.690. The first-order valence-electron chi connectivity index (χ1n) is 5.19. The molecular weight excluding hydrogens is 231 g/mol. The molecule has 0 saturated heterocycles. The predicted molar refractivity (Wildman–Crippen MR) is 66.2 cm³/mol. The first kappa shape index (κ1) is 12.7. The van der Waals surface area contributed by atoms with Gasteiger partial charge in [0.15, 0.2) is 0 Å². The van der Waals surface area contributed by atoms with Gasteiger partial charge in [0.05, 0.1) is 12.5 Å². The van der Waals surface area contributed by atoms with E-state index in [1.54, 1.807) is 0 Å². The van der Waals surface area contributed by atoms with Crippen molar-refractivity contribution in [2.45, 2.75) is 25.6 Å². The number of alkyl halides is 2. The number of aryl methyl sites for hydroxylation is 1. The van der Waals surface area contributed by atoms with Crippen LogP contribution in [0, 0.1) is 0 Å². The molecule has 0 heterocycles. The molecular formula is C12H16Cl2O. The molecule has 1 aromatic rings. The number of halogens is 2. The lowest BCUT2D eigenvalue weighted by atomic mass is 10.0. The zero-order valence-electron chi connectivity index (χ0n) is 8.93. The molecule has 0 aliphatic heterocycles. The van der Waals surface area contributed by atoms with Gasteiger partial charge in [0, 0.05) is 11.4 Å². The number of hydrogen-bond acceptors (Lipinski definition) is 1. The van der Waals surface area contributed by atoms with Crippen molar-refractivity contribution >= 4 is 23.2 Å². The Morgan fingerprint density at radius 3 is 2.67 bits per heavy atom. The summed E-state index contributed by atoms with van der Waals surface area (Å²) in [6.07, 6.45) is 1.94. The van der Waals surface area contributed by atoms with Crippen LogP contribution in [0.3, 0.4) is 0 Å². The Hall–Kier alpha value is -0.400. The Kier molecular flexibility index (Phi) is 5.89. The molecule has 1 rings (SSSR count). The van der Waals surface area contributed by atoms with E-state index in [2.05, 4.69) is 6.07 Å². The summed E-state index contributed by atoms with van der Waals surface area (Å²) in [5.74, 6) is 2.08. The van der Waals surface area contributed by atoms with E-state index in [0.717, 1.165) is 24.2 Å². The topological polar surface area (TPSA) is 9.23 Å². The van der Waals surface area contributed by atoms with Crippen LogP contribution in [0.15, 0.2) is 18.2 Å². The number of ether oxygens (including phenoxy) is 1. The highest BCUT2D eigenvalue weighted by atomic mass is 35.5.